The van der Waals surface area contributed by atoms with E-state index in [9.17, 15) is 14.4 Å². The quantitative estimate of drug-likeness (QED) is 0.253. The Hall–Kier alpha value is -3.42. The average molecular weight is 485 g/mol. The van der Waals surface area contributed by atoms with Gasteiger partial charge in [0, 0.05) is 12.1 Å². The van der Waals surface area contributed by atoms with Crippen molar-refractivity contribution in [1.82, 2.24) is 4.98 Å². The number of aromatic nitrogens is 1. The normalized spacial score (nSPS) is 10.7. The van der Waals surface area contributed by atoms with Crippen LogP contribution in [0.15, 0.2) is 36.4 Å². The van der Waals surface area contributed by atoms with Gasteiger partial charge in [0.15, 0.2) is 0 Å². The number of carbonyl (C=O) groups is 3. The maximum absolute atomic E-state index is 12.7. The van der Waals surface area contributed by atoms with Gasteiger partial charge in [0.05, 0.1) is 25.1 Å². The Kier molecular flexibility index (Phi) is 12.3. The number of hydrogen-bond donors (Lipinski definition) is 3. The molecule has 0 unspecified atom stereocenters. The summed E-state index contributed by atoms with van der Waals surface area (Å²) in [6.45, 7) is 2.72. The Morgan fingerprint density at radius 1 is 0.914 bits per heavy atom. The van der Waals surface area contributed by atoms with Gasteiger partial charge in [-0.15, -0.1) is 0 Å². The zero-order valence-corrected chi connectivity index (χ0v) is 20.4. The van der Waals surface area contributed by atoms with Crippen molar-refractivity contribution in [2.45, 2.75) is 77.6 Å². The summed E-state index contributed by atoms with van der Waals surface area (Å²) in [7, 11) is 0. The molecule has 1 heterocycles. The average Bonchev–Trinajstić information content (AvgIpc) is 2.81. The summed E-state index contributed by atoms with van der Waals surface area (Å²) in [4.78, 5) is 39.1. The van der Waals surface area contributed by atoms with Gasteiger partial charge in [-0.3, -0.25) is 14.4 Å². The number of anilines is 1. The van der Waals surface area contributed by atoms with Crippen LogP contribution >= 0.6 is 0 Å². The summed E-state index contributed by atoms with van der Waals surface area (Å²) < 4.78 is 5.88. The molecular formula is C27H36N2O6. The van der Waals surface area contributed by atoms with Crippen LogP contribution < -0.4 is 10.1 Å². The number of ether oxygens (including phenoxy) is 1. The number of unbranched alkanes of at least 4 members (excludes halogenated alkanes) is 7. The van der Waals surface area contributed by atoms with Gasteiger partial charge in [-0.2, -0.15) is 0 Å². The van der Waals surface area contributed by atoms with Crippen molar-refractivity contribution >= 4 is 23.5 Å². The van der Waals surface area contributed by atoms with E-state index in [0.29, 0.717) is 29.3 Å². The first-order valence-corrected chi connectivity index (χ1v) is 12.4. The number of benzene rings is 1. The SMILES string of the molecule is CCCCCCCCCCOc1ccc(C(=O)Nc2cccc(CC(=O)O)c2)nc1CCC(=O)O. The zero-order chi connectivity index (χ0) is 25.5. The van der Waals surface area contributed by atoms with E-state index in [-0.39, 0.29) is 25.0 Å². The number of pyridine rings is 1. The van der Waals surface area contributed by atoms with Crippen LogP contribution in [0.5, 0.6) is 5.75 Å². The summed E-state index contributed by atoms with van der Waals surface area (Å²) in [6.07, 6.45) is 9.36. The lowest BCUT2D eigenvalue weighted by molar-refractivity contribution is -0.137. The van der Waals surface area contributed by atoms with Crippen molar-refractivity contribution in [1.29, 1.82) is 0 Å². The third-order valence-electron chi connectivity index (χ3n) is 5.54. The molecule has 190 valence electrons. The van der Waals surface area contributed by atoms with Gasteiger partial charge in [-0.1, -0.05) is 64.0 Å². The first-order valence-electron chi connectivity index (χ1n) is 12.4. The topological polar surface area (TPSA) is 126 Å². The molecule has 0 aliphatic rings. The van der Waals surface area contributed by atoms with Crippen molar-refractivity contribution in [2.24, 2.45) is 0 Å². The Morgan fingerprint density at radius 2 is 1.63 bits per heavy atom. The van der Waals surface area contributed by atoms with Crippen molar-refractivity contribution in [3.05, 3.63) is 53.3 Å². The lowest BCUT2D eigenvalue weighted by Gasteiger charge is -2.12. The predicted molar refractivity (Wildman–Crippen MR) is 134 cm³/mol. The number of amides is 1. The fourth-order valence-electron chi connectivity index (χ4n) is 3.70. The third-order valence-corrected chi connectivity index (χ3v) is 5.54. The number of aliphatic carboxylic acids is 2. The highest BCUT2D eigenvalue weighted by Gasteiger charge is 2.15. The summed E-state index contributed by atoms with van der Waals surface area (Å²) in [5.41, 5.74) is 1.58. The van der Waals surface area contributed by atoms with Gasteiger partial charge in [0.25, 0.3) is 5.91 Å². The molecule has 0 spiro atoms. The molecule has 0 fully saturated rings. The third kappa shape index (κ3) is 11.0. The molecule has 8 nitrogen and oxygen atoms in total. The second-order valence-electron chi connectivity index (χ2n) is 8.58. The Labute approximate surface area is 206 Å². The van der Waals surface area contributed by atoms with E-state index in [1.807, 2.05) is 0 Å². The van der Waals surface area contributed by atoms with E-state index in [1.54, 1.807) is 36.4 Å². The Balaban J connectivity index is 1.96. The molecule has 0 aliphatic carbocycles. The molecule has 0 radical (unpaired) electrons. The number of carbonyl (C=O) groups excluding carboxylic acids is 1. The number of rotatable bonds is 17. The van der Waals surface area contributed by atoms with Crippen LogP contribution in [0.2, 0.25) is 0 Å². The van der Waals surface area contributed by atoms with E-state index >= 15 is 0 Å². The van der Waals surface area contributed by atoms with Crippen LogP contribution in [-0.2, 0) is 22.4 Å². The number of hydrogen-bond acceptors (Lipinski definition) is 5. The van der Waals surface area contributed by atoms with E-state index in [0.717, 1.165) is 12.8 Å². The van der Waals surface area contributed by atoms with Gasteiger partial charge in [-0.25, -0.2) is 4.98 Å². The van der Waals surface area contributed by atoms with Crippen LogP contribution in [0.4, 0.5) is 5.69 Å². The second kappa shape index (κ2) is 15.5. The van der Waals surface area contributed by atoms with Gasteiger partial charge < -0.3 is 20.3 Å². The molecule has 2 rings (SSSR count). The van der Waals surface area contributed by atoms with E-state index in [1.165, 1.54) is 38.5 Å². The maximum atomic E-state index is 12.7. The molecule has 2 aromatic rings. The zero-order valence-electron chi connectivity index (χ0n) is 20.4. The van der Waals surface area contributed by atoms with Crippen LogP contribution in [-0.4, -0.2) is 39.6 Å². The minimum atomic E-state index is -0.958. The molecular weight excluding hydrogens is 448 g/mol. The van der Waals surface area contributed by atoms with Crippen molar-refractivity contribution in [3.8, 4) is 5.75 Å². The van der Waals surface area contributed by atoms with Crippen molar-refractivity contribution in [2.75, 3.05) is 11.9 Å². The molecule has 8 heteroatoms. The van der Waals surface area contributed by atoms with Gasteiger partial charge in [0.2, 0.25) is 0 Å². The van der Waals surface area contributed by atoms with Crippen LogP contribution in [0.3, 0.4) is 0 Å². The van der Waals surface area contributed by atoms with Gasteiger partial charge in [-0.05, 0) is 36.2 Å². The monoisotopic (exact) mass is 484 g/mol. The molecule has 0 saturated carbocycles. The van der Waals surface area contributed by atoms with Crippen LogP contribution in [0.1, 0.15) is 86.5 Å². The Morgan fingerprint density at radius 3 is 2.31 bits per heavy atom. The number of nitrogens with zero attached hydrogens (tertiary/aromatic N) is 1. The summed E-state index contributed by atoms with van der Waals surface area (Å²) in [6, 6.07) is 9.80. The molecule has 0 aliphatic heterocycles. The summed E-state index contributed by atoms with van der Waals surface area (Å²) >= 11 is 0. The maximum Gasteiger partial charge on any atom is 0.307 e. The van der Waals surface area contributed by atoms with Crippen LogP contribution in [0.25, 0.3) is 0 Å². The van der Waals surface area contributed by atoms with Crippen LogP contribution in [0, 0.1) is 0 Å². The highest BCUT2D eigenvalue weighted by molar-refractivity contribution is 6.03. The highest BCUT2D eigenvalue weighted by Crippen LogP contribution is 2.21. The summed E-state index contributed by atoms with van der Waals surface area (Å²) in [5.74, 6) is -1.88. The number of aryl methyl sites for hydroxylation is 1. The molecule has 1 aromatic heterocycles. The number of carboxylic acids is 2. The number of carboxylic acid groups (broad SMARTS) is 2. The molecule has 0 atom stereocenters. The minimum Gasteiger partial charge on any atom is -0.492 e. The number of nitrogens with one attached hydrogen (secondary N) is 1. The smallest absolute Gasteiger partial charge is 0.307 e. The second-order valence-corrected chi connectivity index (χ2v) is 8.58. The van der Waals surface area contributed by atoms with Gasteiger partial charge >= 0.3 is 11.9 Å². The van der Waals surface area contributed by atoms with Crippen molar-refractivity contribution < 1.29 is 29.3 Å². The predicted octanol–water partition coefficient (Wildman–Crippen LogP) is 5.50. The van der Waals surface area contributed by atoms with E-state index < -0.39 is 17.8 Å². The fraction of sp³-hybridized carbons (Fsp3) is 0.481. The molecule has 1 amide bonds. The van der Waals surface area contributed by atoms with Crippen molar-refractivity contribution in [3.63, 3.8) is 0 Å². The highest BCUT2D eigenvalue weighted by atomic mass is 16.5. The molecule has 3 N–H and O–H groups in total. The molecule has 35 heavy (non-hydrogen) atoms. The fourth-order valence-corrected chi connectivity index (χ4v) is 3.70. The minimum absolute atomic E-state index is 0.122. The first-order chi connectivity index (χ1) is 16.9. The lowest BCUT2D eigenvalue weighted by Crippen LogP contribution is -2.16. The molecule has 1 aromatic carbocycles. The summed E-state index contributed by atoms with van der Waals surface area (Å²) in [5, 5.41) is 20.8. The molecule has 0 bridgehead atoms. The van der Waals surface area contributed by atoms with E-state index in [2.05, 4.69) is 17.2 Å². The standard InChI is InChI=1S/C27H36N2O6/c1-2-3-4-5-6-7-8-9-17-35-24-15-13-23(29-22(24)14-16-25(30)31)27(34)28-21-12-10-11-20(18-21)19-26(32)33/h10-13,15,18H,2-9,14,16-17,19H2,1H3,(H,28,34)(H,30,31)(H,32,33). The lowest BCUT2D eigenvalue weighted by atomic mass is 10.1. The molecule has 0 saturated heterocycles. The Bertz CT molecular complexity index is 976. The van der Waals surface area contributed by atoms with Gasteiger partial charge in [0.1, 0.15) is 11.4 Å². The van der Waals surface area contributed by atoms with E-state index in [4.69, 9.17) is 14.9 Å². The first kappa shape index (κ1) is 27.8. The largest absolute Gasteiger partial charge is 0.492 e.